The number of para-hydroxylation sites is 3. The molecule has 23 heavy (non-hydrogen) atoms. The molecule has 0 N–H and O–H groups in total. The first-order valence-electron chi connectivity index (χ1n) is 6.93. The summed E-state index contributed by atoms with van der Waals surface area (Å²) >= 11 is 1.39. The van der Waals surface area contributed by atoms with Gasteiger partial charge < -0.3 is 4.42 Å². The van der Waals surface area contributed by atoms with Crippen molar-refractivity contribution in [2.45, 2.75) is 10.9 Å². The molecule has 0 unspecified atom stereocenters. The van der Waals surface area contributed by atoms with E-state index in [-0.39, 0.29) is 5.82 Å². The molecule has 114 valence electrons. The summed E-state index contributed by atoms with van der Waals surface area (Å²) in [5.41, 5.74) is 1.98. The van der Waals surface area contributed by atoms with Crippen molar-refractivity contribution in [1.29, 1.82) is 0 Å². The smallest absolute Gasteiger partial charge is 0.205 e. The standard InChI is InChI=1S/C16H11FN4OS/c17-11-5-1-3-7-13(11)21-10-18-20-16(21)23-9-15-19-12-6-2-4-8-14(12)22-15/h1-8,10H,9H2. The molecule has 0 aliphatic rings. The van der Waals surface area contributed by atoms with Gasteiger partial charge in [0.2, 0.25) is 5.89 Å². The molecule has 0 aliphatic carbocycles. The van der Waals surface area contributed by atoms with E-state index in [2.05, 4.69) is 15.2 Å². The lowest BCUT2D eigenvalue weighted by molar-refractivity contribution is 0.556. The molecule has 0 bridgehead atoms. The monoisotopic (exact) mass is 326 g/mol. The van der Waals surface area contributed by atoms with Crippen LogP contribution in [0.15, 0.2) is 64.4 Å². The van der Waals surface area contributed by atoms with E-state index >= 15 is 0 Å². The van der Waals surface area contributed by atoms with Gasteiger partial charge in [0.15, 0.2) is 10.7 Å². The van der Waals surface area contributed by atoms with E-state index < -0.39 is 0 Å². The van der Waals surface area contributed by atoms with Crippen LogP contribution < -0.4 is 0 Å². The summed E-state index contributed by atoms with van der Waals surface area (Å²) < 4.78 is 21.2. The van der Waals surface area contributed by atoms with Crippen molar-refractivity contribution < 1.29 is 8.81 Å². The molecule has 0 fully saturated rings. The average Bonchev–Trinajstić information content (AvgIpc) is 3.19. The van der Waals surface area contributed by atoms with Crippen molar-refractivity contribution in [2.75, 3.05) is 0 Å². The first-order valence-corrected chi connectivity index (χ1v) is 7.92. The van der Waals surface area contributed by atoms with Crippen LogP contribution in [-0.2, 0) is 5.75 Å². The summed E-state index contributed by atoms with van der Waals surface area (Å²) in [5.74, 6) is 0.761. The second-order valence-corrected chi connectivity index (χ2v) is 5.74. The van der Waals surface area contributed by atoms with Gasteiger partial charge in [-0.15, -0.1) is 10.2 Å². The number of halogens is 1. The van der Waals surface area contributed by atoms with Crippen LogP contribution in [0.2, 0.25) is 0 Å². The third-order valence-electron chi connectivity index (χ3n) is 3.29. The van der Waals surface area contributed by atoms with Gasteiger partial charge in [0.1, 0.15) is 17.7 Å². The number of benzene rings is 2. The maximum atomic E-state index is 13.9. The van der Waals surface area contributed by atoms with Gasteiger partial charge in [0.25, 0.3) is 0 Å². The molecule has 0 saturated carbocycles. The van der Waals surface area contributed by atoms with Crippen LogP contribution in [-0.4, -0.2) is 19.7 Å². The molecule has 2 heterocycles. The van der Waals surface area contributed by atoms with E-state index in [1.807, 2.05) is 24.3 Å². The van der Waals surface area contributed by atoms with Crippen molar-refractivity contribution in [1.82, 2.24) is 19.7 Å². The number of fused-ring (bicyclic) bond motifs is 1. The number of hydrogen-bond donors (Lipinski definition) is 0. The fraction of sp³-hybridized carbons (Fsp3) is 0.0625. The molecule has 2 aromatic carbocycles. The first kappa shape index (κ1) is 14.0. The van der Waals surface area contributed by atoms with Gasteiger partial charge in [-0.25, -0.2) is 9.37 Å². The summed E-state index contributed by atoms with van der Waals surface area (Å²) in [6.07, 6.45) is 1.49. The molecule has 4 aromatic rings. The zero-order valence-corrected chi connectivity index (χ0v) is 12.7. The van der Waals surface area contributed by atoms with Crippen molar-refractivity contribution in [2.24, 2.45) is 0 Å². The second-order valence-electron chi connectivity index (χ2n) is 4.80. The van der Waals surface area contributed by atoms with Gasteiger partial charge in [0.05, 0.1) is 11.4 Å². The predicted octanol–water partition coefficient (Wildman–Crippen LogP) is 3.84. The number of thioether (sulfide) groups is 1. The highest BCUT2D eigenvalue weighted by Gasteiger charge is 2.12. The van der Waals surface area contributed by atoms with Crippen LogP contribution in [0.3, 0.4) is 0 Å². The highest BCUT2D eigenvalue weighted by atomic mass is 32.2. The Morgan fingerprint density at radius 3 is 2.78 bits per heavy atom. The Bertz CT molecular complexity index is 932. The third-order valence-corrected chi connectivity index (χ3v) is 4.22. The summed E-state index contributed by atoms with van der Waals surface area (Å²) in [6.45, 7) is 0. The zero-order valence-electron chi connectivity index (χ0n) is 11.9. The van der Waals surface area contributed by atoms with Crippen LogP contribution in [0.5, 0.6) is 0 Å². The lowest BCUT2D eigenvalue weighted by atomic mass is 10.3. The summed E-state index contributed by atoms with van der Waals surface area (Å²) in [5, 5.41) is 8.49. The molecule has 0 spiro atoms. The van der Waals surface area contributed by atoms with Crippen molar-refractivity contribution in [3.8, 4) is 5.69 Å². The van der Waals surface area contributed by atoms with E-state index in [0.29, 0.717) is 22.5 Å². The van der Waals surface area contributed by atoms with E-state index in [1.54, 1.807) is 22.8 Å². The topological polar surface area (TPSA) is 56.7 Å². The Hall–Kier alpha value is -2.67. The van der Waals surface area contributed by atoms with Crippen LogP contribution in [0.1, 0.15) is 5.89 Å². The molecule has 0 radical (unpaired) electrons. The maximum absolute atomic E-state index is 13.9. The highest BCUT2D eigenvalue weighted by Crippen LogP contribution is 2.25. The minimum Gasteiger partial charge on any atom is -0.440 e. The molecule has 5 nitrogen and oxygen atoms in total. The SMILES string of the molecule is Fc1ccccc1-n1cnnc1SCc1nc2ccccc2o1. The van der Waals surface area contributed by atoms with Crippen molar-refractivity contribution >= 4 is 22.9 Å². The van der Waals surface area contributed by atoms with Gasteiger partial charge in [0, 0.05) is 0 Å². The predicted molar refractivity (Wildman–Crippen MR) is 84.9 cm³/mol. The van der Waals surface area contributed by atoms with Crippen LogP contribution in [0.4, 0.5) is 4.39 Å². The molecule has 0 aliphatic heterocycles. The van der Waals surface area contributed by atoms with Gasteiger partial charge in [-0.2, -0.15) is 0 Å². The fourth-order valence-corrected chi connectivity index (χ4v) is 3.01. The van der Waals surface area contributed by atoms with E-state index in [1.165, 1.54) is 24.2 Å². The number of rotatable bonds is 4. The number of hydrogen-bond acceptors (Lipinski definition) is 5. The molecular weight excluding hydrogens is 315 g/mol. The minimum absolute atomic E-state index is 0.323. The Morgan fingerprint density at radius 2 is 1.91 bits per heavy atom. The average molecular weight is 326 g/mol. The summed E-state index contributed by atoms with van der Waals surface area (Å²) in [6, 6.07) is 14.1. The summed E-state index contributed by atoms with van der Waals surface area (Å²) in [4.78, 5) is 4.41. The largest absolute Gasteiger partial charge is 0.440 e. The molecule has 0 saturated heterocycles. The zero-order chi connectivity index (χ0) is 15.6. The van der Waals surface area contributed by atoms with Gasteiger partial charge in [-0.1, -0.05) is 36.0 Å². The first-order chi connectivity index (χ1) is 11.3. The lowest BCUT2D eigenvalue weighted by Gasteiger charge is -2.06. The molecule has 4 rings (SSSR count). The van der Waals surface area contributed by atoms with Gasteiger partial charge in [-0.05, 0) is 24.3 Å². The van der Waals surface area contributed by atoms with Crippen molar-refractivity contribution in [3.05, 3.63) is 66.6 Å². The Kier molecular flexibility index (Phi) is 3.55. The van der Waals surface area contributed by atoms with Crippen LogP contribution in [0, 0.1) is 5.82 Å². The Labute approximate surface area is 135 Å². The molecule has 7 heteroatoms. The highest BCUT2D eigenvalue weighted by molar-refractivity contribution is 7.98. The van der Waals surface area contributed by atoms with Crippen LogP contribution in [0.25, 0.3) is 16.8 Å². The molecule has 2 aromatic heterocycles. The number of nitrogens with zero attached hydrogens (tertiary/aromatic N) is 4. The van der Waals surface area contributed by atoms with E-state index in [4.69, 9.17) is 4.42 Å². The number of aromatic nitrogens is 4. The quantitative estimate of drug-likeness (QED) is 0.533. The third kappa shape index (κ3) is 2.70. The summed E-state index contributed by atoms with van der Waals surface area (Å²) in [7, 11) is 0. The molecule has 0 atom stereocenters. The van der Waals surface area contributed by atoms with E-state index in [0.717, 1.165) is 11.1 Å². The Morgan fingerprint density at radius 1 is 1.09 bits per heavy atom. The molecule has 0 amide bonds. The van der Waals surface area contributed by atoms with E-state index in [9.17, 15) is 4.39 Å². The Balaban J connectivity index is 1.58. The number of oxazole rings is 1. The molecular formula is C16H11FN4OS. The van der Waals surface area contributed by atoms with Gasteiger partial charge >= 0.3 is 0 Å². The minimum atomic E-state index is -0.323. The van der Waals surface area contributed by atoms with Crippen molar-refractivity contribution in [3.63, 3.8) is 0 Å². The maximum Gasteiger partial charge on any atom is 0.205 e. The second kappa shape index (κ2) is 5.85. The van der Waals surface area contributed by atoms with Gasteiger partial charge in [-0.3, -0.25) is 4.57 Å². The lowest BCUT2D eigenvalue weighted by Crippen LogP contribution is -1.98. The fourth-order valence-electron chi connectivity index (χ4n) is 2.24. The van der Waals surface area contributed by atoms with Crippen LogP contribution >= 0.6 is 11.8 Å². The normalized spacial score (nSPS) is 11.2.